The van der Waals surface area contributed by atoms with Gasteiger partial charge in [0.1, 0.15) is 0 Å². The van der Waals surface area contributed by atoms with Crippen molar-refractivity contribution in [2.24, 2.45) is 0 Å². The third-order valence-electron chi connectivity index (χ3n) is 4.51. The van der Waals surface area contributed by atoms with Crippen molar-refractivity contribution in [2.45, 2.75) is 31.6 Å². The van der Waals surface area contributed by atoms with Gasteiger partial charge in [-0.1, -0.05) is 19.1 Å². The lowest BCUT2D eigenvalue weighted by Crippen LogP contribution is -2.44. The number of carbonyl (C=O) groups excluding carboxylic acids is 1. The van der Waals surface area contributed by atoms with Crippen LogP contribution in [0.4, 0.5) is 5.69 Å². The van der Waals surface area contributed by atoms with Crippen molar-refractivity contribution in [1.29, 1.82) is 0 Å². The number of piperazine rings is 1. The lowest BCUT2D eigenvalue weighted by molar-refractivity contribution is -0.121. The third-order valence-corrected chi connectivity index (χ3v) is 5.49. The van der Waals surface area contributed by atoms with Crippen LogP contribution in [-0.2, 0) is 4.79 Å². The summed E-state index contributed by atoms with van der Waals surface area (Å²) >= 11 is 1.72. The number of nitrogens with one attached hydrogen (secondary N) is 1. The average Bonchev–Trinajstić information content (AvgIpc) is 2.55. The second-order valence-electron chi connectivity index (χ2n) is 6.42. The molecule has 0 aliphatic carbocycles. The molecule has 5 heteroatoms. The van der Waals surface area contributed by atoms with Crippen LogP contribution in [0.25, 0.3) is 0 Å². The molecule has 1 aromatic rings. The van der Waals surface area contributed by atoms with Gasteiger partial charge in [-0.25, -0.2) is 0 Å². The predicted octanol–water partition coefficient (Wildman–Crippen LogP) is 2.76. The van der Waals surface area contributed by atoms with Gasteiger partial charge in [0, 0.05) is 43.5 Å². The highest BCUT2D eigenvalue weighted by Crippen LogP contribution is 2.20. The van der Waals surface area contributed by atoms with Crippen LogP contribution in [0.2, 0.25) is 0 Å². The standard InChI is InChI=1S/C18H29N3OS/c1-14(23-4)13-18(22)19-15(2)16-5-7-17(8-6-16)21-11-9-20(3)10-12-21/h5-8,14-15H,9-13H2,1-4H3,(H,19,22)/t14-,15-/m1/s1. The first-order valence-electron chi connectivity index (χ1n) is 8.35. The molecule has 128 valence electrons. The predicted molar refractivity (Wildman–Crippen MR) is 100 cm³/mol. The van der Waals surface area contributed by atoms with Gasteiger partial charge in [-0.05, 0) is 37.9 Å². The Bertz CT molecular complexity index is 497. The van der Waals surface area contributed by atoms with Crippen molar-refractivity contribution in [2.75, 3.05) is 44.4 Å². The minimum absolute atomic E-state index is 0.0538. The maximum absolute atomic E-state index is 12.0. The van der Waals surface area contributed by atoms with E-state index < -0.39 is 0 Å². The van der Waals surface area contributed by atoms with Gasteiger partial charge in [0.25, 0.3) is 0 Å². The van der Waals surface area contributed by atoms with E-state index in [1.165, 1.54) is 5.69 Å². The van der Waals surface area contributed by atoms with E-state index in [-0.39, 0.29) is 11.9 Å². The van der Waals surface area contributed by atoms with Crippen molar-refractivity contribution >= 4 is 23.4 Å². The largest absolute Gasteiger partial charge is 0.369 e. The number of amides is 1. The SMILES string of the molecule is CS[C@H](C)CC(=O)N[C@H](C)c1ccc(N2CCN(C)CC2)cc1. The molecule has 0 spiro atoms. The third kappa shape index (κ3) is 5.43. The van der Waals surface area contributed by atoms with E-state index in [1.807, 2.05) is 13.2 Å². The first kappa shape index (κ1) is 18.1. The number of hydrogen-bond donors (Lipinski definition) is 1. The molecular formula is C18H29N3OS. The maximum atomic E-state index is 12.0. The second kappa shape index (κ2) is 8.60. The van der Waals surface area contributed by atoms with Crippen molar-refractivity contribution < 1.29 is 4.79 Å². The van der Waals surface area contributed by atoms with Gasteiger partial charge < -0.3 is 15.1 Å². The summed E-state index contributed by atoms with van der Waals surface area (Å²) in [5.41, 5.74) is 2.43. The van der Waals surface area contributed by atoms with Gasteiger partial charge >= 0.3 is 0 Å². The molecule has 0 radical (unpaired) electrons. The van der Waals surface area contributed by atoms with Crippen LogP contribution in [0.15, 0.2) is 24.3 Å². The highest BCUT2D eigenvalue weighted by molar-refractivity contribution is 7.99. The molecule has 1 saturated heterocycles. The van der Waals surface area contributed by atoms with Crippen LogP contribution in [0, 0.1) is 0 Å². The van der Waals surface area contributed by atoms with E-state index in [4.69, 9.17) is 0 Å². The molecular weight excluding hydrogens is 306 g/mol. The molecule has 1 N–H and O–H groups in total. The highest BCUT2D eigenvalue weighted by atomic mass is 32.2. The molecule has 2 rings (SSSR count). The Morgan fingerprint density at radius 3 is 2.35 bits per heavy atom. The Balaban J connectivity index is 1.89. The van der Waals surface area contributed by atoms with Gasteiger partial charge in [-0.3, -0.25) is 4.79 Å². The molecule has 23 heavy (non-hydrogen) atoms. The van der Waals surface area contributed by atoms with Crippen LogP contribution >= 0.6 is 11.8 Å². The van der Waals surface area contributed by atoms with E-state index in [0.717, 1.165) is 31.7 Å². The second-order valence-corrected chi connectivity index (χ2v) is 7.70. The monoisotopic (exact) mass is 335 g/mol. The Morgan fingerprint density at radius 2 is 1.78 bits per heavy atom. The Labute approximate surface area is 144 Å². The lowest BCUT2D eigenvalue weighted by Gasteiger charge is -2.34. The zero-order chi connectivity index (χ0) is 16.8. The molecule has 0 unspecified atom stereocenters. The molecule has 1 aliphatic heterocycles. The summed E-state index contributed by atoms with van der Waals surface area (Å²) in [5, 5.41) is 3.46. The molecule has 0 saturated carbocycles. The zero-order valence-corrected chi connectivity index (χ0v) is 15.5. The molecule has 1 amide bonds. The summed E-state index contributed by atoms with van der Waals surface area (Å²) in [6.45, 7) is 8.51. The topological polar surface area (TPSA) is 35.6 Å². The van der Waals surface area contributed by atoms with Crippen molar-refractivity contribution in [3.05, 3.63) is 29.8 Å². The van der Waals surface area contributed by atoms with Gasteiger partial charge in [-0.2, -0.15) is 11.8 Å². The van der Waals surface area contributed by atoms with Crippen LogP contribution in [0.3, 0.4) is 0 Å². The molecule has 1 aromatic carbocycles. The number of nitrogens with zero attached hydrogens (tertiary/aromatic N) is 2. The lowest BCUT2D eigenvalue weighted by atomic mass is 10.1. The number of anilines is 1. The number of rotatable bonds is 6. The van der Waals surface area contributed by atoms with Crippen molar-refractivity contribution in [3.8, 4) is 0 Å². The maximum Gasteiger partial charge on any atom is 0.221 e. The highest BCUT2D eigenvalue weighted by Gasteiger charge is 2.15. The summed E-state index contributed by atoms with van der Waals surface area (Å²) in [6, 6.07) is 8.67. The number of carbonyl (C=O) groups is 1. The molecule has 1 heterocycles. The van der Waals surface area contributed by atoms with Crippen LogP contribution in [0.5, 0.6) is 0 Å². The smallest absolute Gasteiger partial charge is 0.221 e. The van der Waals surface area contributed by atoms with E-state index in [2.05, 4.69) is 53.4 Å². The van der Waals surface area contributed by atoms with Crippen LogP contribution in [-0.4, -0.2) is 55.5 Å². The van der Waals surface area contributed by atoms with Crippen molar-refractivity contribution in [3.63, 3.8) is 0 Å². The first-order valence-corrected chi connectivity index (χ1v) is 9.64. The van der Waals surface area contributed by atoms with Crippen LogP contribution in [0.1, 0.15) is 31.9 Å². The molecule has 0 aromatic heterocycles. The fourth-order valence-corrected chi connectivity index (χ4v) is 3.08. The number of benzene rings is 1. The molecule has 1 fully saturated rings. The summed E-state index contributed by atoms with van der Waals surface area (Å²) in [4.78, 5) is 16.8. The fourth-order valence-electron chi connectivity index (χ4n) is 2.77. The summed E-state index contributed by atoms with van der Waals surface area (Å²) in [7, 11) is 2.17. The van der Waals surface area contributed by atoms with E-state index >= 15 is 0 Å². The molecule has 0 bridgehead atoms. The molecule has 2 atom stereocenters. The van der Waals surface area contributed by atoms with Crippen molar-refractivity contribution in [1.82, 2.24) is 10.2 Å². The minimum atomic E-state index is 0.0538. The fraction of sp³-hybridized carbons (Fsp3) is 0.611. The van der Waals surface area contributed by atoms with Gasteiger partial charge in [-0.15, -0.1) is 0 Å². The van der Waals surface area contributed by atoms with Crippen LogP contribution < -0.4 is 10.2 Å². The van der Waals surface area contributed by atoms with E-state index in [1.54, 1.807) is 11.8 Å². The van der Waals surface area contributed by atoms with Gasteiger partial charge in [0.15, 0.2) is 0 Å². The van der Waals surface area contributed by atoms with Gasteiger partial charge in [0.2, 0.25) is 5.91 Å². The molecule has 1 aliphatic rings. The Kier molecular flexibility index (Phi) is 6.78. The van der Waals surface area contributed by atoms with E-state index in [0.29, 0.717) is 11.7 Å². The Hall–Kier alpha value is -1.20. The summed E-state index contributed by atoms with van der Waals surface area (Å²) in [5.74, 6) is 0.127. The number of hydrogen-bond acceptors (Lipinski definition) is 4. The normalized spacial score (nSPS) is 18.5. The summed E-state index contributed by atoms with van der Waals surface area (Å²) in [6.07, 6.45) is 2.61. The summed E-state index contributed by atoms with van der Waals surface area (Å²) < 4.78 is 0. The van der Waals surface area contributed by atoms with Gasteiger partial charge in [0.05, 0.1) is 6.04 Å². The average molecular weight is 336 g/mol. The Morgan fingerprint density at radius 1 is 1.17 bits per heavy atom. The minimum Gasteiger partial charge on any atom is -0.369 e. The van der Waals surface area contributed by atoms with E-state index in [9.17, 15) is 4.79 Å². The number of likely N-dealkylation sites (N-methyl/N-ethyl adjacent to an activating group) is 1. The number of thioether (sulfide) groups is 1. The first-order chi connectivity index (χ1) is 11.0. The quantitative estimate of drug-likeness (QED) is 0.867. The molecule has 4 nitrogen and oxygen atoms in total. The zero-order valence-electron chi connectivity index (χ0n) is 14.7.